The Bertz CT molecular complexity index is 2530. The Morgan fingerprint density at radius 3 is 1.23 bits per heavy atom. The molecule has 330 valence electrons. The SMILES string of the molecule is O=C(O)c1[c-]cc([N+](=O)[O-])c([N+](=O)[O-])c1.[CH2]C=C.[Ir].c1ccc(P(c2ccccc2)c2ccc3c(c2-c2c(P(c4ccccc4)c4ccccc4)ccc4c2CCCC4)CCCC3)cc1. The fraction of sp³-hybridized carbons (Fsp3) is 0.148. The first kappa shape index (κ1) is 48.5. The van der Waals surface area contributed by atoms with Gasteiger partial charge in [-0.3, -0.25) is 20.2 Å². The number of fused-ring (bicyclic) bond motifs is 2. The molecule has 7 aromatic rings. The van der Waals surface area contributed by atoms with Crippen LogP contribution in [0.5, 0.6) is 0 Å². The number of allylic oxidation sites excluding steroid dienone is 1. The first-order valence-electron chi connectivity index (χ1n) is 21.3. The van der Waals surface area contributed by atoms with Gasteiger partial charge in [0.2, 0.25) is 5.97 Å². The second-order valence-corrected chi connectivity index (χ2v) is 19.7. The van der Waals surface area contributed by atoms with Crippen LogP contribution in [0.4, 0.5) is 11.4 Å². The van der Waals surface area contributed by atoms with E-state index in [0.29, 0.717) is 12.1 Å². The number of carbonyl (C=O) groups is 1. The van der Waals surface area contributed by atoms with E-state index in [2.05, 4.69) is 165 Å². The molecule has 8 nitrogen and oxygen atoms in total. The van der Waals surface area contributed by atoms with Crippen LogP contribution in [0.1, 0.15) is 58.3 Å². The smallest absolute Gasteiger partial charge is 0.267 e. The van der Waals surface area contributed by atoms with Crippen LogP contribution in [0, 0.1) is 33.2 Å². The zero-order chi connectivity index (χ0) is 45.0. The van der Waals surface area contributed by atoms with Gasteiger partial charge in [0.1, 0.15) is 0 Å². The van der Waals surface area contributed by atoms with Crippen molar-refractivity contribution in [2.45, 2.75) is 51.4 Å². The summed E-state index contributed by atoms with van der Waals surface area (Å²) in [6.07, 6.45) is 11.3. The van der Waals surface area contributed by atoms with Gasteiger partial charge in [0.25, 0.3) is 11.4 Å². The number of aromatic carboxylic acids is 1. The molecule has 7 aromatic carbocycles. The predicted molar refractivity (Wildman–Crippen MR) is 264 cm³/mol. The van der Waals surface area contributed by atoms with Crippen molar-refractivity contribution in [1.29, 1.82) is 0 Å². The van der Waals surface area contributed by atoms with Crippen LogP contribution in [0.2, 0.25) is 0 Å². The minimum Gasteiger partial charge on any atom is -0.521 e. The van der Waals surface area contributed by atoms with Crippen molar-refractivity contribution in [2.75, 3.05) is 0 Å². The third kappa shape index (κ3) is 11.3. The number of nitrogens with zero attached hydrogens (tertiary/aromatic N) is 2. The Hall–Kier alpha value is -5.94. The Labute approximate surface area is 396 Å². The van der Waals surface area contributed by atoms with Gasteiger partial charge in [0.15, 0.2) is 0 Å². The third-order valence-corrected chi connectivity index (χ3v) is 16.3. The van der Waals surface area contributed by atoms with Crippen molar-refractivity contribution < 1.29 is 39.9 Å². The number of nitro benzene ring substituents is 2. The molecule has 0 saturated heterocycles. The first-order chi connectivity index (χ1) is 31.2. The Morgan fingerprint density at radius 1 is 0.569 bits per heavy atom. The first-order valence-corrected chi connectivity index (χ1v) is 24.0. The van der Waals surface area contributed by atoms with E-state index in [9.17, 15) is 25.0 Å². The molecule has 0 atom stereocenters. The molecule has 0 aromatic heterocycles. The van der Waals surface area contributed by atoms with Crippen molar-refractivity contribution in [3.05, 3.63) is 231 Å². The average Bonchev–Trinajstić information content (AvgIpc) is 3.33. The quantitative estimate of drug-likeness (QED) is 0.0630. The molecular formula is C54H48IrN2O6P2-. The Morgan fingerprint density at radius 2 is 0.908 bits per heavy atom. The molecule has 0 saturated carbocycles. The van der Waals surface area contributed by atoms with Gasteiger partial charge in [0.05, 0.1) is 0 Å². The van der Waals surface area contributed by atoms with E-state index >= 15 is 0 Å². The maximum atomic E-state index is 10.4. The maximum Gasteiger partial charge on any atom is 0.267 e. The minimum absolute atomic E-state index is 0. The van der Waals surface area contributed by atoms with Crippen LogP contribution < -0.4 is 31.8 Å². The van der Waals surface area contributed by atoms with Crippen LogP contribution >= 0.6 is 15.8 Å². The van der Waals surface area contributed by atoms with Gasteiger partial charge in [-0.25, -0.2) is 0 Å². The number of hydrogen-bond acceptors (Lipinski definition) is 5. The third-order valence-electron chi connectivity index (χ3n) is 11.3. The summed E-state index contributed by atoms with van der Waals surface area (Å²) in [6.45, 7) is 6.50. The number of hydrogen-bond donors (Lipinski definition) is 1. The molecule has 2 aliphatic carbocycles. The minimum atomic E-state index is -1.44. The summed E-state index contributed by atoms with van der Waals surface area (Å²) in [7, 11) is -1.50. The summed E-state index contributed by atoms with van der Waals surface area (Å²) in [5.41, 5.74) is 7.40. The van der Waals surface area contributed by atoms with Crippen LogP contribution in [-0.2, 0) is 45.8 Å². The number of carboxylic acids is 1. The molecule has 9 rings (SSSR count). The average molecular weight is 1080 g/mol. The van der Waals surface area contributed by atoms with Gasteiger partial charge in [-0.05, 0) is 139 Å². The molecule has 1 N–H and O–H groups in total. The molecule has 65 heavy (non-hydrogen) atoms. The largest absolute Gasteiger partial charge is 0.521 e. The molecule has 0 aliphatic heterocycles. The Kier molecular flexibility index (Phi) is 17.4. The van der Waals surface area contributed by atoms with E-state index in [1.165, 1.54) is 89.3 Å². The topological polar surface area (TPSA) is 124 Å². The second kappa shape index (κ2) is 23.3. The summed E-state index contributed by atoms with van der Waals surface area (Å²) in [6, 6.07) is 58.8. The number of benzene rings is 7. The molecule has 0 unspecified atom stereocenters. The molecule has 0 spiro atoms. The number of aryl methyl sites for hydroxylation is 2. The monoisotopic (exact) mass is 1080 g/mol. The van der Waals surface area contributed by atoms with Gasteiger partial charge in [-0.1, -0.05) is 169 Å². The molecule has 2 radical (unpaired) electrons. The van der Waals surface area contributed by atoms with Crippen LogP contribution in [0.25, 0.3) is 11.1 Å². The van der Waals surface area contributed by atoms with Gasteiger partial charge < -0.3 is 9.90 Å². The predicted octanol–water partition coefficient (Wildman–Crippen LogP) is 10.6. The number of nitro groups is 2. The van der Waals surface area contributed by atoms with Gasteiger partial charge in [-0.15, -0.1) is 12.6 Å². The summed E-state index contributed by atoms with van der Waals surface area (Å²) < 4.78 is 0. The standard InChI is InChI=1S/C44H40P2.C7H3N2O6.C3H5.Ir/c1-5-19-35(20-6-1)45(36-21-7-2-8-22-36)41-31-29-33-17-13-15-27-39(33)43(41)44-40-28-16-14-18-34(40)30-32-42(44)46(37-23-9-3-10-24-37)38-25-11-4-12-26-38;10-7(11)4-1-2-5(8(12)13)6(3-4)9(14)15;1-3-2;/h1-12,19-26,29-32H,13-18,27-28H2;2-3H,(H,10,11);3H,1-2H2;/q;-1;;. The Balaban J connectivity index is 0.000000312. The van der Waals surface area contributed by atoms with E-state index in [1.807, 2.05) is 0 Å². The molecule has 0 amide bonds. The van der Waals surface area contributed by atoms with Crippen molar-refractivity contribution in [2.24, 2.45) is 0 Å². The van der Waals surface area contributed by atoms with Crippen molar-refractivity contribution in [3.63, 3.8) is 0 Å². The molecule has 0 bridgehead atoms. The maximum absolute atomic E-state index is 10.4. The van der Waals surface area contributed by atoms with E-state index in [1.54, 1.807) is 33.4 Å². The van der Waals surface area contributed by atoms with E-state index < -0.39 is 48.6 Å². The fourth-order valence-corrected chi connectivity index (χ4v) is 13.6. The van der Waals surface area contributed by atoms with Gasteiger partial charge in [-0.2, -0.15) is 0 Å². The fourth-order valence-electron chi connectivity index (χ4n) is 8.61. The van der Waals surface area contributed by atoms with Crippen LogP contribution in [0.3, 0.4) is 0 Å². The molecular weight excluding hydrogens is 1030 g/mol. The van der Waals surface area contributed by atoms with Gasteiger partial charge >= 0.3 is 0 Å². The van der Waals surface area contributed by atoms with Crippen molar-refractivity contribution >= 4 is 65.0 Å². The summed E-state index contributed by atoms with van der Waals surface area (Å²) in [4.78, 5) is 29.2. The van der Waals surface area contributed by atoms with Crippen molar-refractivity contribution in [1.82, 2.24) is 0 Å². The van der Waals surface area contributed by atoms with E-state index in [-0.39, 0.29) is 20.1 Å². The van der Waals surface area contributed by atoms with E-state index in [0.717, 1.165) is 0 Å². The van der Waals surface area contributed by atoms with Crippen molar-refractivity contribution in [3.8, 4) is 11.1 Å². The number of rotatable bonds is 10. The normalized spacial score (nSPS) is 12.5. The molecule has 2 aliphatic rings. The van der Waals surface area contributed by atoms with Gasteiger partial charge in [0, 0.05) is 30.0 Å². The summed E-state index contributed by atoms with van der Waals surface area (Å²) in [5.74, 6) is -1.44. The van der Waals surface area contributed by atoms with E-state index in [4.69, 9.17) is 5.11 Å². The molecule has 0 heterocycles. The molecule has 0 fully saturated rings. The zero-order valence-electron chi connectivity index (χ0n) is 35.8. The summed E-state index contributed by atoms with van der Waals surface area (Å²) >= 11 is 0. The zero-order valence-corrected chi connectivity index (χ0v) is 40.0. The van der Waals surface area contributed by atoms with Crippen LogP contribution in [0.15, 0.2) is 170 Å². The van der Waals surface area contributed by atoms with Crippen LogP contribution in [-0.4, -0.2) is 20.9 Å². The molecule has 11 heteroatoms. The number of carboxylic acid groups (broad SMARTS) is 1. The summed E-state index contributed by atoms with van der Waals surface area (Å²) in [5, 5.41) is 38.0. The second-order valence-electron chi connectivity index (χ2n) is 15.3.